The number of para-hydroxylation sites is 1. The lowest BCUT2D eigenvalue weighted by Crippen LogP contribution is -2.24. The number of amides is 1. The van der Waals surface area contributed by atoms with Gasteiger partial charge in [-0.1, -0.05) is 49.9 Å². The maximum atomic E-state index is 11.7. The quantitative estimate of drug-likeness (QED) is 0.273. The number of hydrogen-bond donors (Lipinski definition) is 3. The summed E-state index contributed by atoms with van der Waals surface area (Å²) in [5, 5.41) is 35.1. The molecule has 9 heteroatoms. The summed E-state index contributed by atoms with van der Waals surface area (Å²) in [5.41, 5.74) is 4.49. The number of allylic oxidation sites excluding steroid dienone is 1. The van der Waals surface area contributed by atoms with E-state index in [-0.39, 0.29) is 17.6 Å². The van der Waals surface area contributed by atoms with Gasteiger partial charge in [0.25, 0.3) is 0 Å². The van der Waals surface area contributed by atoms with E-state index in [0.29, 0.717) is 16.7 Å². The third-order valence-corrected chi connectivity index (χ3v) is 7.72. The highest BCUT2D eigenvalue weighted by atomic mass is 32.2. The fourth-order valence-corrected chi connectivity index (χ4v) is 5.76. The van der Waals surface area contributed by atoms with Gasteiger partial charge in [-0.2, -0.15) is 0 Å². The molecule has 0 aliphatic heterocycles. The van der Waals surface area contributed by atoms with E-state index >= 15 is 0 Å². The number of benzene rings is 2. The van der Waals surface area contributed by atoms with E-state index in [9.17, 15) is 15.0 Å². The summed E-state index contributed by atoms with van der Waals surface area (Å²) in [6.45, 7) is 5.51. The van der Waals surface area contributed by atoms with Crippen LogP contribution >= 0.6 is 11.8 Å². The van der Waals surface area contributed by atoms with Gasteiger partial charge in [0.2, 0.25) is 5.91 Å². The van der Waals surface area contributed by atoms with Crippen LogP contribution in [0.4, 0.5) is 5.69 Å². The Labute approximate surface area is 225 Å². The van der Waals surface area contributed by atoms with Gasteiger partial charge in [0.1, 0.15) is 11.6 Å². The Morgan fingerprint density at radius 3 is 2.68 bits per heavy atom. The van der Waals surface area contributed by atoms with Gasteiger partial charge in [-0.05, 0) is 53.5 Å². The zero-order valence-corrected chi connectivity index (χ0v) is 22.6. The van der Waals surface area contributed by atoms with E-state index in [2.05, 4.69) is 38.3 Å². The number of aromatic nitrogens is 4. The van der Waals surface area contributed by atoms with Crippen LogP contribution < -0.4 is 5.32 Å². The van der Waals surface area contributed by atoms with Crippen molar-refractivity contribution >= 4 is 34.3 Å². The topological polar surface area (TPSA) is 105 Å². The summed E-state index contributed by atoms with van der Waals surface area (Å²) in [6, 6.07) is 15.9. The summed E-state index contributed by atoms with van der Waals surface area (Å²) in [5.74, 6) is 0.723. The Hall–Kier alpha value is -3.82. The first-order valence-electron chi connectivity index (χ1n) is 12.5. The lowest BCUT2D eigenvalue weighted by molar-refractivity contribution is -0.114. The maximum Gasteiger partial charge on any atom is 0.221 e. The highest BCUT2D eigenvalue weighted by molar-refractivity contribution is 7.98. The van der Waals surface area contributed by atoms with Crippen molar-refractivity contribution in [2.24, 2.45) is 13.0 Å². The van der Waals surface area contributed by atoms with Crippen LogP contribution in [-0.4, -0.2) is 41.6 Å². The fraction of sp³-hybridized carbons (Fsp3) is 0.276. The van der Waals surface area contributed by atoms with Gasteiger partial charge >= 0.3 is 0 Å². The molecule has 1 amide bonds. The van der Waals surface area contributed by atoms with Crippen LogP contribution in [0.25, 0.3) is 16.6 Å². The van der Waals surface area contributed by atoms with E-state index in [1.807, 2.05) is 68.1 Å². The molecule has 0 radical (unpaired) electrons. The SMILES string of the molecule is CC(=O)Nc1ccccc1CSc1nnc(C2C=C(C(C)C)C(O)=C[C@@H]2O)n1-c1ccc2c(ccn2C)c1. The molecular formula is C29H31N5O3S. The minimum Gasteiger partial charge on any atom is -0.508 e. The van der Waals surface area contributed by atoms with Crippen molar-refractivity contribution in [2.45, 2.75) is 43.7 Å². The monoisotopic (exact) mass is 529 g/mol. The molecule has 1 unspecified atom stereocenters. The molecule has 8 nitrogen and oxygen atoms in total. The molecule has 38 heavy (non-hydrogen) atoms. The smallest absolute Gasteiger partial charge is 0.221 e. The zero-order valence-electron chi connectivity index (χ0n) is 21.8. The highest BCUT2D eigenvalue weighted by Crippen LogP contribution is 2.36. The van der Waals surface area contributed by atoms with Crippen molar-refractivity contribution in [3.05, 3.63) is 89.6 Å². The number of nitrogens with zero attached hydrogens (tertiary/aromatic N) is 4. The summed E-state index contributed by atoms with van der Waals surface area (Å²) in [6.07, 6.45) is 4.45. The van der Waals surface area contributed by atoms with Crippen molar-refractivity contribution in [3.63, 3.8) is 0 Å². The van der Waals surface area contributed by atoms with Crippen molar-refractivity contribution < 1.29 is 15.0 Å². The molecule has 196 valence electrons. The summed E-state index contributed by atoms with van der Waals surface area (Å²) in [4.78, 5) is 11.7. The van der Waals surface area contributed by atoms with Crippen molar-refractivity contribution in [1.82, 2.24) is 19.3 Å². The van der Waals surface area contributed by atoms with Crippen LogP contribution in [0.5, 0.6) is 0 Å². The highest BCUT2D eigenvalue weighted by Gasteiger charge is 2.31. The zero-order chi connectivity index (χ0) is 27.0. The molecule has 1 aliphatic carbocycles. The second kappa shape index (κ2) is 10.5. The van der Waals surface area contributed by atoms with Gasteiger partial charge in [-0.15, -0.1) is 10.2 Å². The van der Waals surface area contributed by atoms with E-state index in [1.165, 1.54) is 24.8 Å². The lowest BCUT2D eigenvalue weighted by Gasteiger charge is -2.25. The first-order chi connectivity index (χ1) is 18.2. The number of thioether (sulfide) groups is 1. The van der Waals surface area contributed by atoms with Crippen LogP contribution in [0, 0.1) is 5.92 Å². The largest absolute Gasteiger partial charge is 0.508 e. The molecule has 2 aromatic heterocycles. The number of aryl methyl sites for hydroxylation is 1. The van der Waals surface area contributed by atoms with Crippen LogP contribution in [0.1, 0.15) is 38.1 Å². The summed E-state index contributed by atoms with van der Waals surface area (Å²) in [7, 11) is 2.01. The van der Waals surface area contributed by atoms with E-state index in [0.717, 1.165) is 33.4 Å². The van der Waals surface area contributed by atoms with Gasteiger partial charge in [-0.25, -0.2) is 0 Å². The summed E-state index contributed by atoms with van der Waals surface area (Å²) < 4.78 is 4.05. The number of hydrogen-bond acceptors (Lipinski definition) is 6. The standard InChI is InChI=1S/C29H31N5O3S/c1-17(2)22-14-23(27(37)15-26(22)36)28-31-32-29(38-16-20-7-5-6-8-24(20)30-18(3)35)34(28)21-9-10-25-19(13-21)11-12-33(25)4/h5-15,17,23,27,36-37H,16H2,1-4H3,(H,30,35)/t23?,27-/m0/s1. The van der Waals surface area contributed by atoms with Gasteiger partial charge in [0.15, 0.2) is 5.16 Å². The number of fused-ring (bicyclic) bond motifs is 1. The Kier molecular flexibility index (Phi) is 7.14. The van der Waals surface area contributed by atoms with E-state index in [1.54, 1.807) is 0 Å². The summed E-state index contributed by atoms with van der Waals surface area (Å²) >= 11 is 1.51. The molecule has 4 aromatic rings. The molecule has 0 saturated heterocycles. The van der Waals surface area contributed by atoms with Crippen molar-refractivity contribution in [2.75, 3.05) is 5.32 Å². The van der Waals surface area contributed by atoms with E-state index in [4.69, 9.17) is 0 Å². The first-order valence-corrected chi connectivity index (χ1v) is 13.5. The molecule has 2 atom stereocenters. The number of anilines is 1. The van der Waals surface area contributed by atoms with Gasteiger partial charge in [0.05, 0.1) is 17.7 Å². The van der Waals surface area contributed by atoms with E-state index < -0.39 is 12.0 Å². The molecule has 2 aromatic carbocycles. The average molecular weight is 530 g/mol. The Morgan fingerprint density at radius 1 is 1.13 bits per heavy atom. The van der Waals surface area contributed by atoms with Crippen molar-refractivity contribution in [1.29, 1.82) is 0 Å². The fourth-order valence-electron chi connectivity index (χ4n) is 4.80. The predicted octanol–water partition coefficient (Wildman–Crippen LogP) is 5.49. The second-order valence-corrected chi connectivity index (χ2v) is 10.8. The third kappa shape index (κ3) is 4.99. The number of aliphatic hydroxyl groups excluding tert-OH is 2. The van der Waals surface area contributed by atoms with Crippen LogP contribution in [-0.2, 0) is 17.6 Å². The number of nitrogens with one attached hydrogen (secondary N) is 1. The predicted molar refractivity (Wildman–Crippen MR) is 151 cm³/mol. The minimum atomic E-state index is -0.945. The molecule has 5 rings (SSSR count). The molecule has 1 aliphatic rings. The number of carbonyl (C=O) groups is 1. The van der Waals surface area contributed by atoms with Crippen molar-refractivity contribution in [3.8, 4) is 5.69 Å². The molecule has 0 bridgehead atoms. The third-order valence-electron chi connectivity index (χ3n) is 6.74. The number of rotatable bonds is 7. The second-order valence-electron chi connectivity index (χ2n) is 9.82. The van der Waals surface area contributed by atoms with Gasteiger partial charge in [0, 0.05) is 42.5 Å². The van der Waals surface area contributed by atoms with Crippen LogP contribution in [0.2, 0.25) is 0 Å². The molecular weight excluding hydrogens is 498 g/mol. The number of aliphatic hydroxyl groups is 2. The van der Waals surface area contributed by atoms with Gasteiger partial charge in [-0.3, -0.25) is 9.36 Å². The van der Waals surface area contributed by atoms with Crippen LogP contribution in [0.3, 0.4) is 0 Å². The molecule has 0 fully saturated rings. The molecule has 3 N–H and O–H groups in total. The minimum absolute atomic E-state index is 0.0809. The number of carbonyl (C=O) groups excluding carboxylic acids is 1. The Bertz CT molecular complexity index is 1570. The van der Waals surface area contributed by atoms with Gasteiger partial charge < -0.3 is 20.1 Å². The average Bonchev–Trinajstić information content (AvgIpc) is 3.46. The van der Waals surface area contributed by atoms with Crippen LogP contribution in [0.15, 0.2) is 83.4 Å². The maximum absolute atomic E-state index is 11.7. The molecule has 0 spiro atoms. The molecule has 2 heterocycles. The normalized spacial score (nSPS) is 17.5. The molecule has 0 saturated carbocycles. The Morgan fingerprint density at radius 2 is 1.92 bits per heavy atom. The lowest BCUT2D eigenvalue weighted by atomic mass is 9.87. The first kappa shape index (κ1) is 25.8. The Balaban J connectivity index is 1.58.